The van der Waals surface area contributed by atoms with Gasteiger partial charge in [0, 0.05) is 13.2 Å². The molecule has 0 saturated heterocycles. The Labute approximate surface area is 92.2 Å². The Hall–Kier alpha value is -0.160. The van der Waals surface area contributed by atoms with Crippen molar-refractivity contribution in [2.45, 2.75) is 51.9 Å². The summed E-state index contributed by atoms with van der Waals surface area (Å²) in [6.45, 7) is 5.01. The molecule has 0 aromatic rings. The monoisotopic (exact) mass is 220 g/mol. The van der Waals surface area contributed by atoms with Crippen LogP contribution in [0.15, 0.2) is 0 Å². The van der Waals surface area contributed by atoms with Gasteiger partial charge in [-0.05, 0) is 19.3 Å². The first kappa shape index (κ1) is 14.8. The van der Waals surface area contributed by atoms with Gasteiger partial charge in [0.05, 0.1) is 12.7 Å². The van der Waals surface area contributed by atoms with Crippen LogP contribution >= 0.6 is 0 Å². The second kappa shape index (κ2) is 10.4. The Bertz CT molecular complexity index is 130. The van der Waals surface area contributed by atoms with E-state index in [2.05, 4.69) is 6.92 Å². The number of hydrogen-bond acceptors (Lipinski definition) is 4. The van der Waals surface area contributed by atoms with E-state index >= 15 is 0 Å². The molecular weight excluding hydrogens is 196 g/mol. The van der Waals surface area contributed by atoms with E-state index in [1.165, 1.54) is 0 Å². The van der Waals surface area contributed by atoms with Crippen LogP contribution in [-0.2, 0) is 9.47 Å². The predicted molar refractivity (Wildman–Crippen MR) is 58.6 cm³/mol. The second-order valence-electron chi connectivity index (χ2n) is 3.56. The van der Waals surface area contributed by atoms with E-state index in [9.17, 15) is 5.11 Å². The maximum atomic E-state index is 9.45. The highest BCUT2D eigenvalue weighted by Crippen LogP contribution is 2.06. The molecule has 0 aromatic carbocycles. The molecule has 0 rings (SSSR count). The van der Waals surface area contributed by atoms with Gasteiger partial charge in [0.1, 0.15) is 0 Å². The van der Waals surface area contributed by atoms with Crippen LogP contribution in [0.25, 0.3) is 0 Å². The topological polar surface area (TPSA) is 58.9 Å². The van der Waals surface area contributed by atoms with Gasteiger partial charge in [0.2, 0.25) is 0 Å². The van der Waals surface area contributed by atoms with E-state index in [1.807, 2.05) is 6.92 Å². The Morgan fingerprint density at radius 3 is 2.53 bits per heavy atom. The Morgan fingerprint density at radius 2 is 2.00 bits per heavy atom. The van der Waals surface area contributed by atoms with Gasteiger partial charge in [-0.2, -0.15) is 0 Å². The van der Waals surface area contributed by atoms with Gasteiger partial charge < -0.3 is 19.7 Å². The highest BCUT2D eigenvalue weighted by Gasteiger charge is 2.12. The summed E-state index contributed by atoms with van der Waals surface area (Å²) < 4.78 is 10.5. The Kier molecular flexibility index (Phi) is 10.3. The van der Waals surface area contributed by atoms with E-state index in [0.717, 1.165) is 19.3 Å². The van der Waals surface area contributed by atoms with Crippen molar-refractivity contribution in [3.63, 3.8) is 0 Å². The summed E-state index contributed by atoms with van der Waals surface area (Å²) in [6, 6.07) is 0. The van der Waals surface area contributed by atoms with Crippen LogP contribution in [0, 0.1) is 0 Å². The summed E-state index contributed by atoms with van der Waals surface area (Å²) >= 11 is 0. The molecule has 0 radical (unpaired) electrons. The first-order valence-electron chi connectivity index (χ1n) is 5.76. The van der Waals surface area contributed by atoms with E-state index in [-0.39, 0.29) is 19.3 Å². The highest BCUT2D eigenvalue weighted by molar-refractivity contribution is 4.55. The normalized spacial score (nSPS) is 15.2. The fourth-order valence-corrected chi connectivity index (χ4v) is 1.20. The molecule has 0 spiro atoms. The van der Waals surface area contributed by atoms with E-state index < -0.39 is 6.29 Å². The molecule has 0 amide bonds. The minimum absolute atomic E-state index is 0.0835. The maximum absolute atomic E-state index is 9.45. The van der Waals surface area contributed by atoms with Crippen LogP contribution in [0.3, 0.4) is 0 Å². The van der Waals surface area contributed by atoms with Crippen molar-refractivity contribution in [2.75, 3.05) is 19.8 Å². The Morgan fingerprint density at radius 1 is 1.27 bits per heavy atom. The molecule has 2 unspecified atom stereocenters. The van der Waals surface area contributed by atoms with Crippen molar-refractivity contribution < 1.29 is 19.7 Å². The lowest BCUT2D eigenvalue weighted by molar-refractivity contribution is -0.169. The van der Waals surface area contributed by atoms with Gasteiger partial charge >= 0.3 is 0 Å². The second-order valence-corrected chi connectivity index (χ2v) is 3.56. The van der Waals surface area contributed by atoms with Crippen molar-refractivity contribution in [3.05, 3.63) is 0 Å². The highest BCUT2D eigenvalue weighted by atomic mass is 16.6. The summed E-state index contributed by atoms with van der Waals surface area (Å²) in [5, 5.41) is 18.2. The van der Waals surface area contributed by atoms with Crippen molar-refractivity contribution in [2.24, 2.45) is 0 Å². The summed E-state index contributed by atoms with van der Waals surface area (Å²) in [5.41, 5.74) is 0. The number of aliphatic hydroxyl groups is 2. The zero-order chi connectivity index (χ0) is 11.5. The number of unbranched alkanes of at least 4 members (excludes halogenated alkanes) is 1. The van der Waals surface area contributed by atoms with Crippen molar-refractivity contribution >= 4 is 0 Å². The Balaban J connectivity index is 3.47. The van der Waals surface area contributed by atoms with Crippen molar-refractivity contribution in [3.8, 4) is 0 Å². The standard InChI is InChI=1S/C11H24O4/c1-3-5-8-14-9-11(13)15-10(4-2)6-7-12/h10-13H,3-9H2,1-2H3. The number of hydrogen-bond donors (Lipinski definition) is 2. The van der Waals surface area contributed by atoms with Crippen molar-refractivity contribution in [1.82, 2.24) is 0 Å². The fourth-order valence-electron chi connectivity index (χ4n) is 1.20. The first-order valence-corrected chi connectivity index (χ1v) is 5.76. The summed E-state index contributed by atoms with van der Waals surface area (Å²) in [5.74, 6) is 0. The smallest absolute Gasteiger partial charge is 0.178 e. The van der Waals surface area contributed by atoms with Gasteiger partial charge in [0.25, 0.3) is 0 Å². The molecule has 15 heavy (non-hydrogen) atoms. The average molecular weight is 220 g/mol. The van der Waals surface area contributed by atoms with Crippen LogP contribution in [0.1, 0.15) is 39.5 Å². The molecule has 0 aliphatic rings. The molecule has 0 aromatic heterocycles. The summed E-state index contributed by atoms with van der Waals surface area (Å²) in [4.78, 5) is 0. The molecule has 0 aliphatic heterocycles. The molecule has 0 bridgehead atoms. The third-order valence-corrected chi connectivity index (χ3v) is 2.16. The van der Waals surface area contributed by atoms with Crippen LogP contribution in [-0.4, -0.2) is 42.4 Å². The van der Waals surface area contributed by atoms with Gasteiger partial charge in [-0.25, -0.2) is 0 Å². The van der Waals surface area contributed by atoms with Gasteiger partial charge in [-0.3, -0.25) is 0 Å². The minimum Gasteiger partial charge on any atom is -0.396 e. The zero-order valence-electron chi connectivity index (χ0n) is 9.82. The third-order valence-electron chi connectivity index (χ3n) is 2.16. The molecule has 92 valence electrons. The van der Waals surface area contributed by atoms with Gasteiger partial charge in [-0.15, -0.1) is 0 Å². The third kappa shape index (κ3) is 8.81. The lowest BCUT2D eigenvalue weighted by Gasteiger charge is -2.19. The SMILES string of the molecule is CCCCOCC(O)OC(CC)CCO. The predicted octanol–water partition coefficient (Wildman–Crippen LogP) is 1.30. The van der Waals surface area contributed by atoms with Crippen molar-refractivity contribution in [1.29, 1.82) is 0 Å². The molecular formula is C11H24O4. The molecule has 4 nitrogen and oxygen atoms in total. The molecule has 0 saturated carbocycles. The molecule has 4 heteroatoms. The van der Waals surface area contributed by atoms with Gasteiger partial charge in [-0.1, -0.05) is 20.3 Å². The lowest BCUT2D eigenvalue weighted by atomic mass is 10.2. The van der Waals surface area contributed by atoms with Gasteiger partial charge in [0.15, 0.2) is 6.29 Å². The van der Waals surface area contributed by atoms with E-state index in [0.29, 0.717) is 13.0 Å². The van der Waals surface area contributed by atoms with E-state index in [4.69, 9.17) is 14.6 Å². The molecule has 0 heterocycles. The minimum atomic E-state index is -0.877. The quantitative estimate of drug-likeness (QED) is 0.430. The lowest BCUT2D eigenvalue weighted by Crippen LogP contribution is -2.26. The van der Waals surface area contributed by atoms with E-state index in [1.54, 1.807) is 0 Å². The number of aliphatic hydroxyl groups excluding tert-OH is 2. The average Bonchev–Trinajstić information content (AvgIpc) is 2.24. The van der Waals surface area contributed by atoms with Crippen LogP contribution in [0.4, 0.5) is 0 Å². The summed E-state index contributed by atoms with van der Waals surface area (Å²) in [7, 11) is 0. The largest absolute Gasteiger partial charge is 0.396 e. The zero-order valence-corrected chi connectivity index (χ0v) is 9.82. The van der Waals surface area contributed by atoms with Crippen LogP contribution < -0.4 is 0 Å². The number of ether oxygens (including phenoxy) is 2. The van der Waals surface area contributed by atoms with Crippen LogP contribution in [0.5, 0.6) is 0 Å². The fraction of sp³-hybridized carbons (Fsp3) is 1.00. The molecule has 2 atom stereocenters. The molecule has 0 aliphatic carbocycles. The molecule has 0 fully saturated rings. The molecule has 2 N–H and O–H groups in total. The summed E-state index contributed by atoms with van der Waals surface area (Å²) in [6.07, 6.45) is 2.47. The first-order chi connectivity index (χ1) is 7.24. The van der Waals surface area contributed by atoms with Crippen LogP contribution in [0.2, 0.25) is 0 Å². The number of rotatable bonds is 10. The maximum Gasteiger partial charge on any atom is 0.178 e.